The summed E-state index contributed by atoms with van der Waals surface area (Å²) < 4.78 is 1.08. The fourth-order valence-corrected chi connectivity index (χ4v) is 3.46. The number of thioether (sulfide) groups is 1. The Morgan fingerprint density at radius 2 is 2.35 bits per heavy atom. The highest BCUT2D eigenvalue weighted by Crippen LogP contribution is 2.25. The summed E-state index contributed by atoms with van der Waals surface area (Å²) in [6.45, 7) is 4.03. The number of hydrogen-bond acceptors (Lipinski definition) is 3. The predicted octanol–water partition coefficient (Wildman–Crippen LogP) is 3.14. The van der Waals surface area contributed by atoms with Crippen LogP contribution in [0.5, 0.6) is 0 Å². The van der Waals surface area contributed by atoms with Crippen molar-refractivity contribution < 1.29 is 4.79 Å². The van der Waals surface area contributed by atoms with Crippen molar-refractivity contribution in [3.63, 3.8) is 0 Å². The number of benzene rings is 1. The third-order valence-electron chi connectivity index (χ3n) is 3.16. The molecule has 1 atom stereocenters. The van der Waals surface area contributed by atoms with Gasteiger partial charge in [-0.3, -0.25) is 4.79 Å². The first-order valence-electron chi connectivity index (χ1n) is 6.54. The van der Waals surface area contributed by atoms with Crippen LogP contribution in [-0.2, 0) is 4.79 Å². The Kier molecular flexibility index (Phi) is 7.95. The van der Waals surface area contributed by atoms with E-state index in [0.717, 1.165) is 30.4 Å². The molecular formula is C14H20BrClN2OS. The molecule has 1 heterocycles. The number of carbonyl (C=O) groups excluding carboxylic acids is 1. The van der Waals surface area contributed by atoms with E-state index in [1.165, 1.54) is 10.5 Å². The zero-order valence-electron chi connectivity index (χ0n) is 11.4. The lowest BCUT2D eigenvalue weighted by Crippen LogP contribution is -2.46. The molecule has 1 unspecified atom stereocenters. The van der Waals surface area contributed by atoms with Gasteiger partial charge in [-0.1, -0.05) is 15.9 Å². The molecule has 0 saturated carbocycles. The average Bonchev–Trinajstić information content (AvgIpc) is 2.39. The molecule has 1 amide bonds. The van der Waals surface area contributed by atoms with Crippen LogP contribution in [-0.4, -0.2) is 30.8 Å². The molecule has 1 aromatic carbocycles. The highest BCUT2D eigenvalue weighted by atomic mass is 79.9. The van der Waals surface area contributed by atoms with Crippen molar-refractivity contribution in [2.24, 2.45) is 0 Å². The molecular weight excluding hydrogens is 360 g/mol. The molecule has 0 spiro atoms. The highest BCUT2D eigenvalue weighted by molar-refractivity contribution is 9.10. The molecule has 1 saturated heterocycles. The number of carbonyl (C=O) groups is 1. The second kappa shape index (κ2) is 8.93. The monoisotopic (exact) mass is 378 g/mol. The minimum absolute atomic E-state index is 0. The number of halogens is 2. The van der Waals surface area contributed by atoms with E-state index in [0.29, 0.717) is 11.8 Å². The lowest BCUT2D eigenvalue weighted by atomic mass is 10.1. The summed E-state index contributed by atoms with van der Waals surface area (Å²) in [4.78, 5) is 13.1. The molecule has 3 nitrogen and oxygen atoms in total. The van der Waals surface area contributed by atoms with Crippen LogP contribution < -0.4 is 10.6 Å². The van der Waals surface area contributed by atoms with Crippen LogP contribution in [0.1, 0.15) is 18.4 Å². The maximum Gasteiger partial charge on any atom is 0.230 e. The number of aryl methyl sites for hydroxylation is 1. The Hall–Kier alpha value is -0.230. The zero-order valence-corrected chi connectivity index (χ0v) is 14.7. The Labute approximate surface area is 139 Å². The number of piperidine rings is 1. The van der Waals surface area contributed by atoms with Gasteiger partial charge in [-0.2, -0.15) is 0 Å². The van der Waals surface area contributed by atoms with E-state index in [2.05, 4.69) is 45.6 Å². The fourth-order valence-electron chi connectivity index (χ4n) is 2.16. The van der Waals surface area contributed by atoms with Crippen LogP contribution in [0, 0.1) is 6.92 Å². The van der Waals surface area contributed by atoms with Crippen LogP contribution in [0.2, 0.25) is 0 Å². The molecule has 1 aliphatic rings. The van der Waals surface area contributed by atoms with Gasteiger partial charge in [-0.15, -0.1) is 24.2 Å². The lowest BCUT2D eigenvalue weighted by Gasteiger charge is -2.23. The van der Waals surface area contributed by atoms with E-state index in [1.807, 2.05) is 6.07 Å². The molecule has 0 bridgehead atoms. The van der Waals surface area contributed by atoms with Gasteiger partial charge >= 0.3 is 0 Å². The summed E-state index contributed by atoms with van der Waals surface area (Å²) in [6.07, 6.45) is 2.23. The first-order valence-corrected chi connectivity index (χ1v) is 8.32. The Morgan fingerprint density at radius 3 is 3.00 bits per heavy atom. The molecule has 112 valence electrons. The molecule has 2 N–H and O–H groups in total. The number of nitrogens with one attached hydrogen (secondary N) is 2. The van der Waals surface area contributed by atoms with Crippen LogP contribution in [0.4, 0.5) is 0 Å². The Balaban J connectivity index is 0.00000200. The van der Waals surface area contributed by atoms with Crippen molar-refractivity contribution in [2.75, 3.05) is 18.8 Å². The summed E-state index contributed by atoms with van der Waals surface area (Å²) in [7, 11) is 0. The molecule has 0 radical (unpaired) electrons. The maximum atomic E-state index is 11.9. The Morgan fingerprint density at radius 1 is 1.55 bits per heavy atom. The maximum absolute atomic E-state index is 11.9. The largest absolute Gasteiger partial charge is 0.351 e. The van der Waals surface area contributed by atoms with E-state index in [9.17, 15) is 4.79 Å². The SMILES string of the molecule is Cc1cc(Br)ccc1SCC(=O)NC1CCCNC1.Cl. The van der Waals surface area contributed by atoms with Crippen molar-refractivity contribution >= 4 is 46.0 Å². The van der Waals surface area contributed by atoms with Gasteiger partial charge in [0.15, 0.2) is 0 Å². The van der Waals surface area contributed by atoms with Crippen molar-refractivity contribution in [1.82, 2.24) is 10.6 Å². The number of hydrogen-bond donors (Lipinski definition) is 2. The van der Waals surface area contributed by atoms with E-state index in [4.69, 9.17) is 0 Å². The van der Waals surface area contributed by atoms with E-state index in [1.54, 1.807) is 11.8 Å². The van der Waals surface area contributed by atoms with Crippen LogP contribution >= 0.6 is 40.1 Å². The van der Waals surface area contributed by atoms with Gasteiger partial charge in [-0.05, 0) is 50.1 Å². The van der Waals surface area contributed by atoms with Crippen molar-refractivity contribution in [2.45, 2.75) is 30.7 Å². The van der Waals surface area contributed by atoms with E-state index >= 15 is 0 Å². The van der Waals surface area contributed by atoms with E-state index < -0.39 is 0 Å². The van der Waals surface area contributed by atoms with Gasteiger partial charge in [0.25, 0.3) is 0 Å². The first-order chi connectivity index (χ1) is 9.15. The standard InChI is InChI=1S/C14H19BrN2OS.ClH/c1-10-7-11(15)4-5-13(10)19-9-14(18)17-12-3-2-6-16-8-12;/h4-5,7,12,16H,2-3,6,8-9H2,1H3,(H,17,18);1H. The number of amides is 1. The summed E-state index contributed by atoms with van der Waals surface area (Å²) in [5, 5.41) is 6.39. The third-order valence-corrected chi connectivity index (χ3v) is 4.83. The topological polar surface area (TPSA) is 41.1 Å². The smallest absolute Gasteiger partial charge is 0.230 e. The summed E-state index contributed by atoms with van der Waals surface area (Å²) in [5.74, 6) is 0.611. The van der Waals surface area contributed by atoms with Crippen molar-refractivity contribution in [3.05, 3.63) is 28.2 Å². The molecule has 1 fully saturated rings. The lowest BCUT2D eigenvalue weighted by molar-refractivity contribution is -0.119. The molecule has 20 heavy (non-hydrogen) atoms. The van der Waals surface area contributed by atoms with Gasteiger partial charge in [0.1, 0.15) is 0 Å². The zero-order chi connectivity index (χ0) is 13.7. The third kappa shape index (κ3) is 5.64. The quantitative estimate of drug-likeness (QED) is 0.790. The van der Waals surface area contributed by atoms with E-state index in [-0.39, 0.29) is 18.3 Å². The minimum atomic E-state index is 0. The highest BCUT2D eigenvalue weighted by Gasteiger charge is 2.15. The van der Waals surface area contributed by atoms with Crippen LogP contribution in [0.25, 0.3) is 0 Å². The van der Waals surface area contributed by atoms with Gasteiger partial charge < -0.3 is 10.6 Å². The second-order valence-electron chi connectivity index (χ2n) is 4.81. The summed E-state index contributed by atoms with van der Waals surface area (Å²) >= 11 is 5.05. The van der Waals surface area contributed by atoms with Crippen LogP contribution in [0.3, 0.4) is 0 Å². The van der Waals surface area contributed by atoms with Gasteiger partial charge in [0, 0.05) is 22.0 Å². The molecule has 1 aliphatic heterocycles. The van der Waals surface area contributed by atoms with Gasteiger partial charge in [-0.25, -0.2) is 0 Å². The van der Waals surface area contributed by atoms with Crippen molar-refractivity contribution in [1.29, 1.82) is 0 Å². The summed E-state index contributed by atoms with van der Waals surface area (Å²) in [6, 6.07) is 6.44. The van der Waals surface area contributed by atoms with Gasteiger partial charge in [0.05, 0.1) is 5.75 Å². The minimum Gasteiger partial charge on any atom is -0.351 e. The normalized spacial score (nSPS) is 18.2. The second-order valence-corrected chi connectivity index (χ2v) is 6.74. The number of rotatable bonds is 4. The molecule has 0 aromatic heterocycles. The van der Waals surface area contributed by atoms with Crippen molar-refractivity contribution in [3.8, 4) is 0 Å². The molecule has 6 heteroatoms. The average molecular weight is 380 g/mol. The fraction of sp³-hybridized carbons (Fsp3) is 0.500. The predicted molar refractivity (Wildman–Crippen MR) is 90.9 cm³/mol. The van der Waals surface area contributed by atoms with Crippen LogP contribution in [0.15, 0.2) is 27.6 Å². The Bertz CT molecular complexity index is 453. The first kappa shape index (κ1) is 17.8. The molecule has 0 aliphatic carbocycles. The molecule has 1 aromatic rings. The van der Waals surface area contributed by atoms with Gasteiger partial charge in [0.2, 0.25) is 5.91 Å². The summed E-state index contributed by atoms with van der Waals surface area (Å²) in [5.41, 5.74) is 1.20. The molecule has 2 rings (SSSR count).